The van der Waals surface area contributed by atoms with Gasteiger partial charge in [-0.15, -0.1) is 0 Å². The summed E-state index contributed by atoms with van der Waals surface area (Å²) in [6.45, 7) is 3.27. The molecule has 0 saturated carbocycles. The molecule has 1 aliphatic carbocycles. The van der Waals surface area contributed by atoms with Crippen LogP contribution in [0, 0.1) is 11.8 Å². The van der Waals surface area contributed by atoms with Gasteiger partial charge in [-0.05, 0) is 79.0 Å². The number of dihydropyridines is 1. The summed E-state index contributed by atoms with van der Waals surface area (Å²) in [7, 11) is 0. The molecule has 3 atom stereocenters. The fraction of sp³-hybridized carbons (Fsp3) is 0.467. The number of ether oxygens (including phenoxy) is 1. The number of aldehydes is 1. The van der Waals surface area contributed by atoms with E-state index in [1.165, 1.54) is 11.1 Å². The molecule has 190 valence electrons. The molecule has 0 amide bonds. The average molecular weight is 507 g/mol. The average Bonchev–Trinajstić information content (AvgIpc) is 3.06. The number of aliphatic imine (C=N–C) groups is 1. The number of rotatable bonds is 7. The maximum atomic E-state index is 11.2. The Bertz CT molecular complexity index is 1090. The molecule has 5 nitrogen and oxygen atoms in total. The van der Waals surface area contributed by atoms with Crippen LogP contribution in [0.3, 0.4) is 0 Å². The summed E-state index contributed by atoms with van der Waals surface area (Å²) in [4.78, 5) is 18.1. The van der Waals surface area contributed by atoms with Crippen LogP contribution < -0.4 is 0 Å². The van der Waals surface area contributed by atoms with Gasteiger partial charge in [0.25, 0.3) is 0 Å². The van der Waals surface area contributed by atoms with Gasteiger partial charge < -0.3 is 19.5 Å². The van der Waals surface area contributed by atoms with Crippen LogP contribution >= 0.6 is 11.6 Å². The number of hydrogen-bond acceptors (Lipinski definition) is 5. The van der Waals surface area contributed by atoms with Crippen molar-refractivity contribution in [3.63, 3.8) is 0 Å². The minimum atomic E-state index is -0.777. The van der Waals surface area contributed by atoms with E-state index in [-0.39, 0.29) is 12.0 Å². The Balaban J connectivity index is 1.26. The predicted molar refractivity (Wildman–Crippen MR) is 144 cm³/mol. The van der Waals surface area contributed by atoms with Crippen molar-refractivity contribution in [2.75, 3.05) is 26.2 Å². The van der Waals surface area contributed by atoms with E-state index in [0.717, 1.165) is 69.3 Å². The number of nitrogens with zero attached hydrogens (tertiary/aromatic N) is 2. The van der Waals surface area contributed by atoms with Crippen LogP contribution in [0.25, 0.3) is 0 Å². The first-order chi connectivity index (χ1) is 17.6. The first kappa shape index (κ1) is 25.2. The molecule has 6 heteroatoms. The van der Waals surface area contributed by atoms with Crippen molar-refractivity contribution in [2.45, 2.75) is 50.2 Å². The number of carbonyl (C=O) groups excluding carboxylic acids is 1. The third-order valence-corrected chi connectivity index (χ3v) is 8.28. The van der Waals surface area contributed by atoms with Crippen LogP contribution in [0.2, 0.25) is 5.02 Å². The molecule has 0 bridgehead atoms. The standard InChI is InChI=1S/C30H35ClN2O3/c31-24-10-8-23(9-11-24)30(35)13-17-33(18-14-30)16-2-6-25-26-5-1-15-32-28(26)21-36-29-12-7-22(4-3-19-34)20-27(25)29/h1,5-12,15,19,22,26,28,35H,2-4,13-14,16-18,20-21H2/b25-6+. The molecule has 0 radical (unpaired) electrons. The smallest absolute Gasteiger partial charge is 0.122 e. The molecule has 1 aromatic rings. The van der Waals surface area contributed by atoms with Gasteiger partial charge in [0.2, 0.25) is 0 Å². The van der Waals surface area contributed by atoms with Crippen molar-refractivity contribution in [1.82, 2.24) is 4.90 Å². The number of likely N-dealkylation sites (tertiary alicyclic amines) is 1. The molecule has 3 unspecified atom stereocenters. The maximum absolute atomic E-state index is 11.2. The molecule has 5 rings (SSSR count). The Kier molecular flexibility index (Phi) is 7.90. The minimum Gasteiger partial charge on any atom is -0.491 e. The number of hydrogen-bond donors (Lipinski definition) is 1. The van der Waals surface area contributed by atoms with Crippen molar-refractivity contribution in [3.8, 4) is 0 Å². The molecule has 0 spiro atoms. The topological polar surface area (TPSA) is 62.1 Å². The lowest BCUT2D eigenvalue weighted by Crippen LogP contribution is -2.42. The first-order valence-electron chi connectivity index (χ1n) is 13.1. The molecule has 1 fully saturated rings. The van der Waals surface area contributed by atoms with Crippen molar-refractivity contribution < 1.29 is 14.6 Å². The number of piperidine rings is 1. The van der Waals surface area contributed by atoms with Gasteiger partial charge in [-0.25, -0.2) is 0 Å². The molecule has 3 heterocycles. The predicted octanol–water partition coefficient (Wildman–Crippen LogP) is 5.40. The highest BCUT2D eigenvalue weighted by Crippen LogP contribution is 2.40. The van der Waals surface area contributed by atoms with E-state index in [2.05, 4.69) is 29.2 Å². The van der Waals surface area contributed by atoms with Gasteiger partial charge in [0.15, 0.2) is 0 Å². The van der Waals surface area contributed by atoms with Crippen molar-refractivity contribution >= 4 is 24.1 Å². The summed E-state index contributed by atoms with van der Waals surface area (Å²) in [5.74, 6) is 1.55. The largest absolute Gasteiger partial charge is 0.491 e. The molecular weight excluding hydrogens is 472 g/mol. The van der Waals surface area contributed by atoms with Gasteiger partial charge in [-0.1, -0.05) is 42.0 Å². The van der Waals surface area contributed by atoms with Gasteiger partial charge in [0, 0.05) is 43.2 Å². The van der Waals surface area contributed by atoms with Crippen LogP contribution in [0.5, 0.6) is 0 Å². The van der Waals surface area contributed by atoms with E-state index in [1.807, 2.05) is 36.6 Å². The normalized spacial score (nSPS) is 28.4. The fourth-order valence-electron chi connectivity index (χ4n) is 5.87. The van der Waals surface area contributed by atoms with Crippen LogP contribution in [-0.4, -0.2) is 54.8 Å². The SMILES string of the molecule is O=CCCC1C=CC2=C(C1)/C(=C/CCN1CCC(O)(c3ccc(Cl)cc3)CC1)C1C=CC=NC1CO2. The second-order valence-corrected chi connectivity index (χ2v) is 10.8. The zero-order valence-electron chi connectivity index (χ0n) is 20.7. The summed E-state index contributed by atoms with van der Waals surface area (Å²) < 4.78 is 6.22. The highest BCUT2D eigenvalue weighted by Gasteiger charge is 2.35. The second-order valence-electron chi connectivity index (χ2n) is 10.3. The second kappa shape index (κ2) is 11.3. The van der Waals surface area contributed by atoms with E-state index in [1.54, 1.807) is 0 Å². The fourth-order valence-corrected chi connectivity index (χ4v) is 6.00. The summed E-state index contributed by atoms with van der Waals surface area (Å²) in [5, 5.41) is 11.9. The number of aliphatic hydroxyl groups is 1. The van der Waals surface area contributed by atoms with Crippen LogP contribution in [0.1, 0.15) is 44.1 Å². The Morgan fingerprint density at radius 3 is 2.75 bits per heavy atom. The maximum Gasteiger partial charge on any atom is 0.122 e. The van der Waals surface area contributed by atoms with Gasteiger partial charge in [-0.3, -0.25) is 4.99 Å². The first-order valence-corrected chi connectivity index (χ1v) is 13.5. The van der Waals surface area contributed by atoms with Crippen LogP contribution in [-0.2, 0) is 15.1 Å². The molecule has 3 aliphatic heterocycles. The lowest BCUT2D eigenvalue weighted by Gasteiger charge is -2.38. The lowest BCUT2D eigenvalue weighted by molar-refractivity contribution is -0.108. The van der Waals surface area contributed by atoms with E-state index in [9.17, 15) is 9.90 Å². The third kappa shape index (κ3) is 5.59. The van der Waals surface area contributed by atoms with Crippen LogP contribution in [0.4, 0.5) is 0 Å². The highest BCUT2D eigenvalue weighted by molar-refractivity contribution is 6.30. The van der Waals surface area contributed by atoms with Crippen molar-refractivity contribution in [2.24, 2.45) is 16.8 Å². The van der Waals surface area contributed by atoms with Gasteiger partial charge >= 0.3 is 0 Å². The molecule has 0 aromatic heterocycles. The number of halogens is 1. The number of benzene rings is 1. The van der Waals surface area contributed by atoms with Gasteiger partial charge in [0.05, 0.1) is 11.6 Å². The molecule has 1 N–H and O–H groups in total. The van der Waals surface area contributed by atoms with Gasteiger partial charge in [-0.2, -0.15) is 0 Å². The summed E-state index contributed by atoms with van der Waals surface area (Å²) >= 11 is 6.03. The Morgan fingerprint density at radius 1 is 1.17 bits per heavy atom. The van der Waals surface area contributed by atoms with Crippen LogP contribution in [0.15, 0.2) is 76.5 Å². The number of fused-ring (bicyclic) bond motifs is 1. The number of carbonyl (C=O) groups is 1. The van der Waals surface area contributed by atoms with E-state index < -0.39 is 5.60 Å². The minimum absolute atomic E-state index is 0.0954. The summed E-state index contributed by atoms with van der Waals surface area (Å²) in [5.41, 5.74) is 2.78. The Hall–Kier alpha value is -2.47. The highest BCUT2D eigenvalue weighted by atomic mass is 35.5. The Morgan fingerprint density at radius 2 is 1.97 bits per heavy atom. The van der Waals surface area contributed by atoms with Crippen molar-refractivity contribution in [3.05, 3.63) is 82.1 Å². The third-order valence-electron chi connectivity index (χ3n) is 8.03. The van der Waals surface area contributed by atoms with E-state index in [4.69, 9.17) is 21.3 Å². The van der Waals surface area contributed by atoms with E-state index in [0.29, 0.717) is 24.0 Å². The lowest BCUT2D eigenvalue weighted by atomic mass is 9.79. The molecular formula is C30H35ClN2O3. The zero-order chi connectivity index (χ0) is 25.0. The van der Waals surface area contributed by atoms with E-state index >= 15 is 0 Å². The Labute approximate surface area is 218 Å². The zero-order valence-corrected chi connectivity index (χ0v) is 21.4. The monoisotopic (exact) mass is 506 g/mol. The summed E-state index contributed by atoms with van der Waals surface area (Å²) in [6, 6.07) is 7.69. The molecule has 1 saturated heterocycles. The molecule has 36 heavy (non-hydrogen) atoms. The summed E-state index contributed by atoms with van der Waals surface area (Å²) in [6.07, 6.45) is 18.6. The van der Waals surface area contributed by atoms with Gasteiger partial charge in [0.1, 0.15) is 18.7 Å². The molecule has 4 aliphatic rings. The number of allylic oxidation sites excluding steroid dienone is 4. The van der Waals surface area contributed by atoms with Crippen molar-refractivity contribution in [1.29, 1.82) is 0 Å². The quantitative estimate of drug-likeness (QED) is 0.503. The molecule has 1 aromatic carbocycles.